The fourth-order valence-corrected chi connectivity index (χ4v) is 2.25. The SMILES string of the molecule is CC(C)C[C@H](CN)CC(=O)N(C)Cc1cnn(C)c1. The Bertz CT molecular complexity index is 400. The summed E-state index contributed by atoms with van der Waals surface area (Å²) in [7, 11) is 3.71. The molecule has 1 aromatic rings. The van der Waals surface area contributed by atoms with Crippen LogP contribution in [0.3, 0.4) is 0 Å². The third-order valence-electron chi connectivity index (χ3n) is 3.21. The smallest absolute Gasteiger partial charge is 0.222 e. The first kappa shape index (κ1) is 15.7. The highest BCUT2D eigenvalue weighted by atomic mass is 16.2. The predicted molar refractivity (Wildman–Crippen MR) is 76.3 cm³/mol. The van der Waals surface area contributed by atoms with Crippen LogP contribution in [0.5, 0.6) is 0 Å². The average Bonchev–Trinajstić information content (AvgIpc) is 2.73. The normalized spacial score (nSPS) is 12.7. The number of amides is 1. The van der Waals surface area contributed by atoms with Gasteiger partial charge in [0.05, 0.1) is 6.20 Å². The Morgan fingerprint density at radius 1 is 1.53 bits per heavy atom. The maximum absolute atomic E-state index is 12.1. The van der Waals surface area contributed by atoms with E-state index >= 15 is 0 Å². The first-order chi connectivity index (χ1) is 8.92. The van der Waals surface area contributed by atoms with Crippen molar-refractivity contribution >= 4 is 5.91 Å². The van der Waals surface area contributed by atoms with Crippen molar-refractivity contribution in [1.29, 1.82) is 0 Å². The van der Waals surface area contributed by atoms with Gasteiger partial charge in [0.2, 0.25) is 5.91 Å². The number of hydrogen-bond donors (Lipinski definition) is 1. The standard InChI is InChI=1S/C14H26N4O/c1-11(2)5-12(7-15)6-14(19)17(3)9-13-8-16-18(4)10-13/h8,10-12H,5-7,9,15H2,1-4H3/t12-/m0/s1. The highest BCUT2D eigenvalue weighted by Gasteiger charge is 2.17. The van der Waals surface area contributed by atoms with Crippen molar-refractivity contribution in [3.8, 4) is 0 Å². The molecule has 19 heavy (non-hydrogen) atoms. The molecule has 0 aliphatic heterocycles. The van der Waals surface area contributed by atoms with Crippen molar-refractivity contribution < 1.29 is 4.79 Å². The summed E-state index contributed by atoms with van der Waals surface area (Å²) in [6.45, 7) is 5.50. The Kier molecular flexibility index (Phi) is 6.02. The second-order valence-electron chi connectivity index (χ2n) is 5.71. The van der Waals surface area contributed by atoms with Crippen LogP contribution >= 0.6 is 0 Å². The van der Waals surface area contributed by atoms with E-state index in [1.165, 1.54) is 0 Å². The lowest BCUT2D eigenvalue weighted by atomic mass is 9.94. The number of aryl methyl sites for hydroxylation is 1. The molecule has 0 saturated heterocycles. The summed E-state index contributed by atoms with van der Waals surface area (Å²) in [6, 6.07) is 0. The third-order valence-corrected chi connectivity index (χ3v) is 3.21. The van der Waals surface area contributed by atoms with Gasteiger partial charge in [0.15, 0.2) is 0 Å². The van der Waals surface area contributed by atoms with Gasteiger partial charge < -0.3 is 10.6 Å². The van der Waals surface area contributed by atoms with E-state index in [1.54, 1.807) is 15.8 Å². The first-order valence-corrected chi connectivity index (χ1v) is 6.84. The molecule has 1 rings (SSSR count). The van der Waals surface area contributed by atoms with Crippen molar-refractivity contribution in [2.75, 3.05) is 13.6 Å². The lowest BCUT2D eigenvalue weighted by Crippen LogP contribution is -2.30. The molecule has 0 bridgehead atoms. The number of rotatable bonds is 7. The lowest BCUT2D eigenvalue weighted by Gasteiger charge is -2.21. The Morgan fingerprint density at radius 2 is 2.21 bits per heavy atom. The molecule has 5 nitrogen and oxygen atoms in total. The summed E-state index contributed by atoms with van der Waals surface area (Å²) in [5, 5.41) is 4.10. The minimum absolute atomic E-state index is 0.153. The van der Waals surface area contributed by atoms with Crippen LogP contribution in [0.15, 0.2) is 12.4 Å². The predicted octanol–water partition coefficient (Wildman–Crippen LogP) is 1.39. The summed E-state index contributed by atoms with van der Waals surface area (Å²) >= 11 is 0. The maximum atomic E-state index is 12.1. The number of hydrogen-bond acceptors (Lipinski definition) is 3. The zero-order chi connectivity index (χ0) is 14.4. The molecule has 1 heterocycles. The van der Waals surface area contributed by atoms with Crippen LogP contribution in [0.25, 0.3) is 0 Å². The van der Waals surface area contributed by atoms with E-state index in [9.17, 15) is 4.79 Å². The second-order valence-corrected chi connectivity index (χ2v) is 5.71. The average molecular weight is 266 g/mol. The lowest BCUT2D eigenvalue weighted by molar-refractivity contribution is -0.131. The van der Waals surface area contributed by atoms with Gasteiger partial charge in [-0.05, 0) is 24.8 Å². The van der Waals surface area contributed by atoms with Gasteiger partial charge in [-0.3, -0.25) is 9.48 Å². The third kappa shape index (κ3) is 5.42. The molecular weight excluding hydrogens is 240 g/mol. The Morgan fingerprint density at radius 3 is 2.68 bits per heavy atom. The molecule has 0 spiro atoms. The summed E-state index contributed by atoms with van der Waals surface area (Å²) in [6.07, 6.45) is 5.25. The molecule has 0 saturated carbocycles. The monoisotopic (exact) mass is 266 g/mol. The van der Waals surface area contributed by atoms with E-state index < -0.39 is 0 Å². The highest BCUT2D eigenvalue weighted by Crippen LogP contribution is 2.16. The van der Waals surface area contributed by atoms with Gasteiger partial charge in [0, 0.05) is 38.8 Å². The van der Waals surface area contributed by atoms with E-state index in [0.29, 0.717) is 25.4 Å². The molecule has 5 heteroatoms. The number of aromatic nitrogens is 2. The van der Waals surface area contributed by atoms with Gasteiger partial charge in [-0.25, -0.2) is 0 Å². The van der Waals surface area contributed by atoms with Gasteiger partial charge in [-0.2, -0.15) is 5.10 Å². The largest absolute Gasteiger partial charge is 0.341 e. The van der Waals surface area contributed by atoms with Crippen LogP contribution in [0.2, 0.25) is 0 Å². The van der Waals surface area contributed by atoms with E-state index in [-0.39, 0.29) is 11.8 Å². The van der Waals surface area contributed by atoms with Crippen LogP contribution in [0.4, 0.5) is 0 Å². The minimum atomic E-state index is 0.153. The Balaban J connectivity index is 2.47. The van der Waals surface area contributed by atoms with Crippen LogP contribution in [0, 0.1) is 11.8 Å². The first-order valence-electron chi connectivity index (χ1n) is 6.84. The van der Waals surface area contributed by atoms with E-state index in [0.717, 1.165) is 12.0 Å². The van der Waals surface area contributed by atoms with Gasteiger partial charge in [-0.1, -0.05) is 13.8 Å². The van der Waals surface area contributed by atoms with Crippen LogP contribution in [-0.4, -0.2) is 34.2 Å². The summed E-state index contributed by atoms with van der Waals surface area (Å²) in [5.74, 6) is 1.01. The van der Waals surface area contributed by atoms with Gasteiger partial charge in [0.25, 0.3) is 0 Å². The number of nitrogens with zero attached hydrogens (tertiary/aromatic N) is 3. The van der Waals surface area contributed by atoms with Gasteiger partial charge in [0.1, 0.15) is 0 Å². The molecule has 0 radical (unpaired) electrons. The van der Waals surface area contributed by atoms with E-state index in [2.05, 4.69) is 18.9 Å². The summed E-state index contributed by atoms with van der Waals surface area (Å²) in [5.41, 5.74) is 6.79. The Hall–Kier alpha value is -1.36. The van der Waals surface area contributed by atoms with Crippen LogP contribution in [0.1, 0.15) is 32.3 Å². The quantitative estimate of drug-likeness (QED) is 0.811. The van der Waals surface area contributed by atoms with E-state index in [1.807, 2.05) is 20.3 Å². The molecule has 0 fully saturated rings. The van der Waals surface area contributed by atoms with Crippen molar-refractivity contribution in [2.24, 2.45) is 24.6 Å². The molecule has 0 unspecified atom stereocenters. The van der Waals surface area contributed by atoms with Crippen LogP contribution < -0.4 is 5.73 Å². The molecule has 2 N–H and O–H groups in total. The minimum Gasteiger partial charge on any atom is -0.341 e. The highest BCUT2D eigenvalue weighted by molar-refractivity contribution is 5.76. The topological polar surface area (TPSA) is 64.2 Å². The van der Waals surface area contributed by atoms with Crippen molar-refractivity contribution in [3.63, 3.8) is 0 Å². The molecule has 1 atom stereocenters. The van der Waals surface area contributed by atoms with Gasteiger partial charge in [-0.15, -0.1) is 0 Å². The number of carbonyl (C=O) groups is 1. The Labute approximate surface area is 115 Å². The number of nitrogens with two attached hydrogens (primary N) is 1. The fourth-order valence-electron chi connectivity index (χ4n) is 2.25. The van der Waals surface area contributed by atoms with Crippen molar-refractivity contribution in [3.05, 3.63) is 18.0 Å². The molecular formula is C14H26N4O. The zero-order valence-electron chi connectivity index (χ0n) is 12.5. The maximum Gasteiger partial charge on any atom is 0.222 e. The molecule has 1 aromatic heterocycles. The summed E-state index contributed by atoms with van der Waals surface area (Å²) < 4.78 is 1.75. The zero-order valence-corrected chi connectivity index (χ0v) is 12.5. The molecule has 1 amide bonds. The molecule has 0 aliphatic rings. The van der Waals surface area contributed by atoms with Gasteiger partial charge >= 0.3 is 0 Å². The van der Waals surface area contributed by atoms with Crippen molar-refractivity contribution in [2.45, 2.75) is 33.2 Å². The summed E-state index contributed by atoms with van der Waals surface area (Å²) in [4.78, 5) is 13.9. The second kappa shape index (κ2) is 7.28. The molecule has 108 valence electrons. The number of carbonyl (C=O) groups excluding carboxylic acids is 1. The molecule has 0 aromatic carbocycles. The molecule has 0 aliphatic carbocycles. The fraction of sp³-hybridized carbons (Fsp3) is 0.714. The van der Waals surface area contributed by atoms with Crippen molar-refractivity contribution in [1.82, 2.24) is 14.7 Å². The van der Waals surface area contributed by atoms with E-state index in [4.69, 9.17) is 5.73 Å². The van der Waals surface area contributed by atoms with Crippen LogP contribution in [-0.2, 0) is 18.4 Å².